The summed E-state index contributed by atoms with van der Waals surface area (Å²) in [6.07, 6.45) is -1.39. The molecule has 106 valence electrons. The Morgan fingerprint density at radius 2 is 1.70 bits per heavy atom. The molecule has 1 unspecified atom stereocenters. The van der Waals surface area contributed by atoms with E-state index in [9.17, 15) is 18.3 Å². The van der Waals surface area contributed by atoms with Gasteiger partial charge in [-0.05, 0) is 30.3 Å². The molecule has 0 aliphatic heterocycles. The Balaban J connectivity index is 2.08. The number of anilines is 1. The number of aliphatic hydroxyl groups excluding tert-OH is 1. The van der Waals surface area contributed by atoms with Crippen LogP contribution in [0.2, 0.25) is 5.02 Å². The SMILES string of the molecule is OC(CNc1ccc(Cl)c(F)c1)c1c(F)cccc1F. The molecule has 0 heterocycles. The Morgan fingerprint density at radius 3 is 2.30 bits per heavy atom. The zero-order valence-electron chi connectivity index (χ0n) is 10.2. The first-order valence-electron chi connectivity index (χ1n) is 5.80. The first kappa shape index (κ1) is 14.7. The van der Waals surface area contributed by atoms with Crippen LogP contribution in [0, 0.1) is 17.5 Å². The molecule has 0 spiro atoms. The van der Waals surface area contributed by atoms with E-state index in [1.807, 2.05) is 0 Å². The molecular formula is C14H11ClF3NO. The second-order valence-electron chi connectivity index (χ2n) is 4.16. The Bertz CT molecular complexity index is 601. The predicted molar refractivity (Wildman–Crippen MR) is 71.2 cm³/mol. The Hall–Kier alpha value is -1.72. The zero-order chi connectivity index (χ0) is 14.7. The standard InChI is InChI=1S/C14H11ClF3NO/c15-9-5-4-8(6-12(9)18)19-7-13(20)14-10(16)2-1-3-11(14)17/h1-6,13,19-20H,7H2. The highest BCUT2D eigenvalue weighted by Crippen LogP contribution is 2.22. The number of aliphatic hydroxyl groups is 1. The van der Waals surface area contributed by atoms with Crippen molar-refractivity contribution >= 4 is 17.3 Å². The second-order valence-corrected chi connectivity index (χ2v) is 4.57. The molecule has 2 rings (SSSR count). The van der Waals surface area contributed by atoms with E-state index in [1.165, 1.54) is 18.2 Å². The van der Waals surface area contributed by atoms with Crippen molar-refractivity contribution in [3.05, 3.63) is 64.4 Å². The van der Waals surface area contributed by atoms with E-state index < -0.39 is 29.1 Å². The quantitative estimate of drug-likeness (QED) is 0.897. The Morgan fingerprint density at radius 1 is 1.05 bits per heavy atom. The molecular weight excluding hydrogens is 291 g/mol. The smallest absolute Gasteiger partial charge is 0.143 e. The maximum Gasteiger partial charge on any atom is 0.143 e. The van der Waals surface area contributed by atoms with Crippen LogP contribution in [0.3, 0.4) is 0 Å². The summed E-state index contributed by atoms with van der Waals surface area (Å²) < 4.78 is 40.1. The van der Waals surface area contributed by atoms with Gasteiger partial charge in [-0.15, -0.1) is 0 Å². The monoisotopic (exact) mass is 301 g/mol. The molecule has 2 aromatic rings. The van der Waals surface area contributed by atoms with E-state index in [2.05, 4.69) is 5.32 Å². The van der Waals surface area contributed by atoms with Gasteiger partial charge in [0, 0.05) is 12.2 Å². The third-order valence-corrected chi connectivity index (χ3v) is 3.06. The van der Waals surface area contributed by atoms with E-state index >= 15 is 0 Å². The molecule has 2 nitrogen and oxygen atoms in total. The maximum atomic E-state index is 13.4. The van der Waals surface area contributed by atoms with Gasteiger partial charge in [0.15, 0.2) is 0 Å². The van der Waals surface area contributed by atoms with Crippen molar-refractivity contribution in [2.45, 2.75) is 6.10 Å². The summed E-state index contributed by atoms with van der Waals surface area (Å²) in [5, 5.41) is 12.5. The van der Waals surface area contributed by atoms with Gasteiger partial charge >= 0.3 is 0 Å². The van der Waals surface area contributed by atoms with Gasteiger partial charge in [0.2, 0.25) is 0 Å². The summed E-state index contributed by atoms with van der Waals surface area (Å²) in [7, 11) is 0. The van der Waals surface area contributed by atoms with Crippen LogP contribution < -0.4 is 5.32 Å². The summed E-state index contributed by atoms with van der Waals surface area (Å²) in [5.74, 6) is -2.29. The molecule has 20 heavy (non-hydrogen) atoms. The highest BCUT2D eigenvalue weighted by atomic mass is 35.5. The van der Waals surface area contributed by atoms with Crippen molar-refractivity contribution in [2.75, 3.05) is 11.9 Å². The van der Waals surface area contributed by atoms with E-state index in [-0.39, 0.29) is 11.6 Å². The molecule has 0 aliphatic rings. The minimum absolute atomic E-state index is 0.0313. The van der Waals surface area contributed by atoms with Gasteiger partial charge in [-0.2, -0.15) is 0 Å². The number of nitrogens with one attached hydrogen (secondary N) is 1. The molecule has 2 aromatic carbocycles. The first-order chi connectivity index (χ1) is 9.49. The van der Waals surface area contributed by atoms with Gasteiger partial charge < -0.3 is 10.4 Å². The van der Waals surface area contributed by atoms with Gasteiger partial charge in [0.1, 0.15) is 23.6 Å². The fourth-order valence-corrected chi connectivity index (χ4v) is 1.87. The first-order valence-corrected chi connectivity index (χ1v) is 6.17. The molecule has 0 aromatic heterocycles. The van der Waals surface area contributed by atoms with Crippen LogP contribution >= 0.6 is 11.6 Å². The van der Waals surface area contributed by atoms with Gasteiger partial charge in [-0.25, -0.2) is 13.2 Å². The minimum atomic E-state index is -1.39. The lowest BCUT2D eigenvalue weighted by Gasteiger charge is -2.14. The minimum Gasteiger partial charge on any atom is -0.386 e. The van der Waals surface area contributed by atoms with Crippen LogP contribution in [0.5, 0.6) is 0 Å². The molecule has 0 bridgehead atoms. The summed E-state index contributed by atoms with van der Waals surface area (Å²) in [4.78, 5) is 0. The van der Waals surface area contributed by atoms with Gasteiger partial charge in [-0.3, -0.25) is 0 Å². The highest BCUT2D eigenvalue weighted by molar-refractivity contribution is 6.30. The molecule has 0 amide bonds. The number of hydrogen-bond acceptors (Lipinski definition) is 2. The van der Waals surface area contributed by atoms with Crippen LogP contribution in [0.25, 0.3) is 0 Å². The molecule has 2 N–H and O–H groups in total. The highest BCUT2D eigenvalue weighted by Gasteiger charge is 2.17. The predicted octanol–water partition coefficient (Wildman–Crippen LogP) is 3.90. The van der Waals surface area contributed by atoms with Gasteiger partial charge in [-0.1, -0.05) is 17.7 Å². The topological polar surface area (TPSA) is 32.3 Å². The van der Waals surface area contributed by atoms with Crippen LogP contribution in [-0.2, 0) is 0 Å². The Labute approximate surface area is 118 Å². The number of halogens is 4. The molecule has 6 heteroatoms. The van der Waals surface area contributed by atoms with Gasteiger partial charge in [0.05, 0.1) is 10.6 Å². The number of rotatable bonds is 4. The summed E-state index contributed by atoms with van der Waals surface area (Å²) in [6.45, 7) is -0.168. The number of benzene rings is 2. The van der Waals surface area contributed by atoms with Crippen molar-refractivity contribution in [1.29, 1.82) is 0 Å². The molecule has 1 atom stereocenters. The molecule has 0 fully saturated rings. The fourth-order valence-electron chi connectivity index (χ4n) is 1.75. The average Bonchev–Trinajstić information content (AvgIpc) is 2.40. The molecule has 0 radical (unpaired) electrons. The van der Waals surface area contributed by atoms with E-state index in [4.69, 9.17) is 11.6 Å². The molecule has 0 aliphatic carbocycles. The lowest BCUT2D eigenvalue weighted by atomic mass is 10.1. The second kappa shape index (κ2) is 6.15. The number of hydrogen-bond donors (Lipinski definition) is 2. The summed E-state index contributed by atoms with van der Waals surface area (Å²) in [6, 6.07) is 7.30. The van der Waals surface area contributed by atoms with Crippen LogP contribution in [-0.4, -0.2) is 11.7 Å². The lowest BCUT2D eigenvalue weighted by molar-refractivity contribution is 0.181. The van der Waals surface area contributed by atoms with E-state index in [0.717, 1.165) is 18.2 Å². The van der Waals surface area contributed by atoms with Crippen LogP contribution in [0.1, 0.15) is 11.7 Å². The molecule has 0 saturated carbocycles. The molecule has 0 saturated heterocycles. The van der Waals surface area contributed by atoms with Crippen LogP contribution in [0.15, 0.2) is 36.4 Å². The van der Waals surface area contributed by atoms with Crippen LogP contribution in [0.4, 0.5) is 18.9 Å². The third-order valence-electron chi connectivity index (χ3n) is 2.75. The normalized spacial score (nSPS) is 12.2. The third kappa shape index (κ3) is 3.23. The van der Waals surface area contributed by atoms with E-state index in [1.54, 1.807) is 0 Å². The summed E-state index contributed by atoms with van der Waals surface area (Å²) in [5.41, 5.74) is -0.0721. The lowest BCUT2D eigenvalue weighted by Crippen LogP contribution is -2.15. The van der Waals surface area contributed by atoms with Crippen molar-refractivity contribution in [3.63, 3.8) is 0 Å². The van der Waals surface area contributed by atoms with Crippen molar-refractivity contribution in [1.82, 2.24) is 0 Å². The zero-order valence-corrected chi connectivity index (χ0v) is 11.0. The van der Waals surface area contributed by atoms with Crippen molar-refractivity contribution in [2.24, 2.45) is 0 Å². The maximum absolute atomic E-state index is 13.4. The largest absolute Gasteiger partial charge is 0.386 e. The fraction of sp³-hybridized carbons (Fsp3) is 0.143. The van der Waals surface area contributed by atoms with Crippen molar-refractivity contribution < 1.29 is 18.3 Å². The van der Waals surface area contributed by atoms with Gasteiger partial charge in [0.25, 0.3) is 0 Å². The Kier molecular flexibility index (Phi) is 4.52. The average molecular weight is 302 g/mol. The van der Waals surface area contributed by atoms with Crippen molar-refractivity contribution in [3.8, 4) is 0 Å². The summed E-state index contributed by atoms with van der Waals surface area (Å²) >= 11 is 5.53. The van der Waals surface area contributed by atoms with E-state index in [0.29, 0.717) is 5.69 Å².